The minimum Gasteiger partial charge on any atom is -0.279 e. The number of anilines is 1. The summed E-state index contributed by atoms with van der Waals surface area (Å²) in [6.45, 7) is 3.57. The van der Waals surface area contributed by atoms with Gasteiger partial charge in [-0.25, -0.2) is 4.98 Å². The first-order valence-corrected chi connectivity index (χ1v) is 11.0. The Hall–Kier alpha value is -3.47. The number of aryl methyl sites for hydroxylation is 2. The van der Waals surface area contributed by atoms with E-state index in [0.29, 0.717) is 23.2 Å². The van der Waals surface area contributed by atoms with Gasteiger partial charge in [0.25, 0.3) is 5.91 Å². The highest BCUT2D eigenvalue weighted by molar-refractivity contribution is 7.22. The molecule has 0 aliphatic carbocycles. The number of pyridine rings is 1. The molecule has 0 aliphatic heterocycles. The van der Waals surface area contributed by atoms with Gasteiger partial charge in [0, 0.05) is 18.0 Å². The van der Waals surface area contributed by atoms with E-state index in [-0.39, 0.29) is 17.7 Å². The van der Waals surface area contributed by atoms with E-state index in [4.69, 9.17) is 0 Å². The zero-order valence-electron chi connectivity index (χ0n) is 18.3. The molecule has 0 unspecified atom stereocenters. The predicted octanol–water partition coefficient (Wildman–Crippen LogP) is 7.19. The summed E-state index contributed by atoms with van der Waals surface area (Å²) < 4.78 is 81.0. The van der Waals surface area contributed by atoms with Crippen molar-refractivity contribution in [3.05, 3.63) is 88.2 Å². The maximum atomic E-state index is 13.5. The average molecular weight is 509 g/mol. The number of carbonyl (C=O) groups is 1. The lowest BCUT2D eigenvalue weighted by molar-refractivity contribution is -0.143. The van der Waals surface area contributed by atoms with Crippen molar-refractivity contribution in [2.24, 2.45) is 0 Å². The Labute approximate surface area is 199 Å². The summed E-state index contributed by atoms with van der Waals surface area (Å²) >= 11 is 1.13. The molecule has 2 heterocycles. The van der Waals surface area contributed by atoms with Gasteiger partial charge in [-0.2, -0.15) is 26.3 Å². The molecule has 11 heteroatoms. The number of benzene rings is 2. The average Bonchev–Trinajstić information content (AvgIpc) is 3.20. The number of hydrogen-bond donors (Lipinski definition) is 0. The third kappa shape index (κ3) is 5.29. The van der Waals surface area contributed by atoms with E-state index >= 15 is 0 Å². The molecule has 1 amide bonds. The number of alkyl halides is 6. The summed E-state index contributed by atoms with van der Waals surface area (Å²) in [4.78, 5) is 23.0. The van der Waals surface area contributed by atoms with Gasteiger partial charge >= 0.3 is 12.4 Å². The number of halogens is 6. The molecule has 0 fully saturated rings. The van der Waals surface area contributed by atoms with Crippen LogP contribution in [0.1, 0.15) is 38.2 Å². The number of nitrogens with zero attached hydrogens (tertiary/aromatic N) is 3. The molecule has 0 bridgehead atoms. The Morgan fingerprint density at radius 2 is 1.63 bits per heavy atom. The van der Waals surface area contributed by atoms with Gasteiger partial charge < -0.3 is 0 Å². The molecule has 0 saturated carbocycles. The van der Waals surface area contributed by atoms with Crippen LogP contribution in [0.4, 0.5) is 31.5 Å². The smallest absolute Gasteiger partial charge is 0.279 e. The van der Waals surface area contributed by atoms with Crippen molar-refractivity contribution < 1.29 is 31.1 Å². The van der Waals surface area contributed by atoms with Crippen LogP contribution >= 0.6 is 11.3 Å². The van der Waals surface area contributed by atoms with Crippen LogP contribution in [0.25, 0.3) is 10.2 Å². The topological polar surface area (TPSA) is 46.1 Å². The third-order valence-corrected chi connectivity index (χ3v) is 6.41. The zero-order valence-corrected chi connectivity index (χ0v) is 19.1. The zero-order chi connectivity index (χ0) is 25.5. The van der Waals surface area contributed by atoms with Crippen molar-refractivity contribution in [2.75, 3.05) is 4.90 Å². The van der Waals surface area contributed by atoms with Crippen molar-refractivity contribution in [2.45, 2.75) is 32.7 Å². The highest BCUT2D eigenvalue weighted by atomic mass is 32.1. The Morgan fingerprint density at radius 3 is 2.20 bits per heavy atom. The molecule has 35 heavy (non-hydrogen) atoms. The molecule has 4 rings (SSSR count). The number of fused-ring (bicyclic) bond motifs is 1. The van der Waals surface area contributed by atoms with Crippen LogP contribution in [0, 0.1) is 13.8 Å². The number of thiazole rings is 1. The number of amides is 1. The fraction of sp³-hybridized carbons (Fsp3) is 0.208. The van der Waals surface area contributed by atoms with Gasteiger partial charge in [-0.05, 0) is 60.9 Å². The summed E-state index contributed by atoms with van der Waals surface area (Å²) in [6, 6.07) is 7.80. The number of aromatic nitrogens is 2. The SMILES string of the molecule is Cc1cc(C)c2sc(N(Cc3cccnc3)C(=O)c3cc(C(F)(F)F)cc(C(F)(F)F)c3)nc2c1. The van der Waals surface area contributed by atoms with Gasteiger partial charge in [-0.15, -0.1) is 0 Å². The normalized spacial score (nSPS) is 12.2. The van der Waals surface area contributed by atoms with Crippen LogP contribution in [-0.2, 0) is 18.9 Å². The molecule has 0 spiro atoms. The first kappa shape index (κ1) is 24.6. The Kier molecular flexibility index (Phi) is 6.31. The van der Waals surface area contributed by atoms with Crippen LogP contribution < -0.4 is 4.90 Å². The quantitative estimate of drug-likeness (QED) is 0.274. The second-order valence-corrected chi connectivity index (χ2v) is 8.95. The monoisotopic (exact) mass is 509 g/mol. The Balaban J connectivity index is 1.87. The lowest BCUT2D eigenvalue weighted by atomic mass is 10.0. The Bertz CT molecular complexity index is 1360. The van der Waals surface area contributed by atoms with Crippen molar-refractivity contribution in [3.63, 3.8) is 0 Å². The van der Waals surface area contributed by atoms with E-state index in [1.807, 2.05) is 19.9 Å². The summed E-state index contributed by atoms with van der Waals surface area (Å²) in [6.07, 6.45) is -7.19. The largest absolute Gasteiger partial charge is 0.416 e. The first-order valence-electron chi connectivity index (χ1n) is 10.2. The van der Waals surface area contributed by atoms with Crippen molar-refractivity contribution in [3.8, 4) is 0 Å². The molecule has 0 saturated heterocycles. The van der Waals surface area contributed by atoms with Gasteiger partial charge in [0.05, 0.1) is 27.9 Å². The molecule has 2 aromatic heterocycles. The van der Waals surface area contributed by atoms with E-state index in [9.17, 15) is 31.1 Å². The summed E-state index contributed by atoms with van der Waals surface area (Å²) in [5.41, 5.74) is -0.966. The van der Waals surface area contributed by atoms with Gasteiger partial charge in [-0.3, -0.25) is 14.7 Å². The van der Waals surface area contributed by atoms with E-state index < -0.39 is 35.0 Å². The molecule has 4 aromatic rings. The molecule has 0 radical (unpaired) electrons. The minimum absolute atomic E-state index is 0.00788. The lowest BCUT2D eigenvalue weighted by Gasteiger charge is -2.21. The van der Waals surface area contributed by atoms with Crippen molar-refractivity contribution >= 4 is 32.6 Å². The molecule has 182 valence electrons. The highest BCUT2D eigenvalue weighted by Gasteiger charge is 2.38. The lowest BCUT2D eigenvalue weighted by Crippen LogP contribution is -2.31. The molecular formula is C24H17F6N3OS. The molecule has 0 N–H and O–H groups in total. The van der Waals surface area contributed by atoms with Gasteiger partial charge in [0.15, 0.2) is 5.13 Å². The maximum absolute atomic E-state index is 13.5. The first-order chi connectivity index (χ1) is 16.3. The summed E-state index contributed by atoms with van der Waals surface area (Å²) in [5, 5.41) is 0.147. The second kappa shape index (κ2) is 8.95. The van der Waals surface area contributed by atoms with Gasteiger partial charge in [-0.1, -0.05) is 23.5 Å². The Morgan fingerprint density at radius 1 is 0.971 bits per heavy atom. The van der Waals surface area contributed by atoms with Crippen LogP contribution in [0.5, 0.6) is 0 Å². The van der Waals surface area contributed by atoms with Gasteiger partial charge in [0.2, 0.25) is 0 Å². The van der Waals surface area contributed by atoms with E-state index in [1.165, 1.54) is 12.4 Å². The van der Waals surface area contributed by atoms with Crippen LogP contribution in [0.3, 0.4) is 0 Å². The maximum Gasteiger partial charge on any atom is 0.416 e. The van der Waals surface area contributed by atoms with Crippen LogP contribution in [0.2, 0.25) is 0 Å². The minimum atomic E-state index is -5.07. The number of rotatable bonds is 4. The predicted molar refractivity (Wildman–Crippen MR) is 120 cm³/mol. The van der Waals surface area contributed by atoms with E-state index in [1.54, 1.807) is 18.2 Å². The fourth-order valence-electron chi connectivity index (χ4n) is 3.62. The van der Waals surface area contributed by atoms with Crippen molar-refractivity contribution in [1.82, 2.24) is 9.97 Å². The van der Waals surface area contributed by atoms with Gasteiger partial charge in [0.1, 0.15) is 0 Å². The molecule has 4 nitrogen and oxygen atoms in total. The van der Waals surface area contributed by atoms with Crippen LogP contribution in [0.15, 0.2) is 54.9 Å². The summed E-state index contributed by atoms with van der Waals surface area (Å²) in [7, 11) is 0. The summed E-state index contributed by atoms with van der Waals surface area (Å²) in [5.74, 6) is -1.04. The fourth-order valence-corrected chi connectivity index (χ4v) is 4.63. The van der Waals surface area contributed by atoms with E-state index in [0.717, 1.165) is 32.1 Å². The van der Waals surface area contributed by atoms with E-state index in [2.05, 4.69) is 9.97 Å². The molecule has 0 atom stereocenters. The molecule has 0 aliphatic rings. The number of hydrogen-bond acceptors (Lipinski definition) is 4. The third-order valence-electron chi connectivity index (χ3n) is 5.18. The standard InChI is InChI=1S/C24H17F6N3OS/c1-13-6-14(2)20-19(7-13)32-22(35-20)33(12-15-4-3-5-31-11-15)21(34)16-8-17(23(25,26)27)10-18(9-16)24(28,29)30/h3-11H,12H2,1-2H3. The number of carbonyl (C=O) groups excluding carboxylic acids is 1. The molecular weight excluding hydrogens is 492 g/mol. The molecule has 2 aromatic carbocycles. The van der Waals surface area contributed by atoms with Crippen molar-refractivity contribution in [1.29, 1.82) is 0 Å². The van der Waals surface area contributed by atoms with Crippen LogP contribution in [-0.4, -0.2) is 15.9 Å². The highest BCUT2D eigenvalue weighted by Crippen LogP contribution is 2.38. The second-order valence-electron chi connectivity index (χ2n) is 7.97.